The van der Waals surface area contributed by atoms with Crippen molar-refractivity contribution in [2.24, 2.45) is 11.8 Å². The largest absolute Gasteiger partial charge is 0.373 e. The SMILES string of the molecule is CNC1CCCC1OC1CCC(C)C(C)C1. The Balaban J connectivity index is 1.81. The molecule has 2 nitrogen and oxygen atoms in total. The second kappa shape index (κ2) is 5.50. The van der Waals surface area contributed by atoms with Crippen LogP contribution in [0.5, 0.6) is 0 Å². The van der Waals surface area contributed by atoms with Crippen LogP contribution in [0.25, 0.3) is 0 Å². The van der Waals surface area contributed by atoms with Gasteiger partial charge in [-0.1, -0.05) is 13.8 Å². The molecular formula is C14H27NO. The number of hydrogen-bond acceptors (Lipinski definition) is 2. The van der Waals surface area contributed by atoms with Crippen molar-refractivity contribution in [1.82, 2.24) is 5.32 Å². The molecule has 94 valence electrons. The van der Waals surface area contributed by atoms with Crippen molar-refractivity contribution < 1.29 is 4.74 Å². The molecule has 0 aromatic carbocycles. The van der Waals surface area contributed by atoms with Gasteiger partial charge in [0.25, 0.3) is 0 Å². The molecule has 2 aliphatic rings. The molecule has 0 heterocycles. The molecule has 2 aliphatic carbocycles. The molecule has 2 saturated carbocycles. The predicted octanol–water partition coefficient (Wildman–Crippen LogP) is 2.97. The standard InChI is InChI=1S/C14H27NO/c1-10-7-8-12(9-11(10)2)16-14-6-4-5-13(14)15-3/h10-15H,4-9H2,1-3H3. The van der Waals surface area contributed by atoms with E-state index in [-0.39, 0.29) is 0 Å². The minimum Gasteiger partial charge on any atom is -0.373 e. The monoisotopic (exact) mass is 225 g/mol. The summed E-state index contributed by atoms with van der Waals surface area (Å²) < 4.78 is 6.31. The lowest BCUT2D eigenvalue weighted by molar-refractivity contribution is -0.0528. The van der Waals surface area contributed by atoms with E-state index < -0.39 is 0 Å². The second-order valence-electron chi connectivity index (χ2n) is 5.89. The smallest absolute Gasteiger partial charge is 0.0731 e. The lowest BCUT2D eigenvalue weighted by Gasteiger charge is -2.34. The molecule has 0 amide bonds. The van der Waals surface area contributed by atoms with E-state index in [2.05, 4.69) is 26.2 Å². The van der Waals surface area contributed by atoms with Crippen molar-refractivity contribution >= 4 is 0 Å². The quantitative estimate of drug-likeness (QED) is 0.797. The molecule has 5 atom stereocenters. The van der Waals surface area contributed by atoms with Crippen molar-refractivity contribution in [3.8, 4) is 0 Å². The summed E-state index contributed by atoms with van der Waals surface area (Å²) in [6.45, 7) is 4.76. The van der Waals surface area contributed by atoms with E-state index in [1.807, 2.05) is 0 Å². The van der Waals surface area contributed by atoms with Gasteiger partial charge in [0.2, 0.25) is 0 Å². The van der Waals surface area contributed by atoms with Gasteiger partial charge in [0.15, 0.2) is 0 Å². The Labute approximate surface area is 100 Å². The summed E-state index contributed by atoms with van der Waals surface area (Å²) in [6, 6.07) is 0.606. The van der Waals surface area contributed by atoms with Crippen molar-refractivity contribution in [2.75, 3.05) is 7.05 Å². The van der Waals surface area contributed by atoms with Gasteiger partial charge in [-0.25, -0.2) is 0 Å². The lowest BCUT2D eigenvalue weighted by Crippen LogP contribution is -2.39. The molecule has 0 aromatic heterocycles. The highest BCUT2D eigenvalue weighted by molar-refractivity contribution is 4.85. The first-order valence-electron chi connectivity index (χ1n) is 7.03. The van der Waals surface area contributed by atoms with Crippen molar-refractivity contribution in [1.29, 1.82) is 0 Å². The number of hydrogen-bond donors (Lipinski definition) is 1. The Morgan fingerprint density at radius 2 is 1.81 bits per heavy atom. The minimum atomic E-state index is 0.482. The predicted molar refractivity (Wildman–Crippen MR) is 67.5 cm³/mol. The van der Waals surface area contributed by atoms with Crippen LogP contribution in [-0.4, -0.2) is 25.3 Å². The molecule has 2 rings (SSSR count). The topological polar surface area (TPSA) is 21.3 Å². The van der Waals surface area contributed by atoms with E-state index in [1.165, 1.54) is 38.5 Å². The van der Waals surface area contributed by atoms with Gasteiger partial charge in [-0.15, -0.1) is 0 Å². The van der Waals surface area contributed by atoms with Crippen LogP contribution in [0.15, 0.2) is 0 Å². The fourth-order valence-corrected chi connectivity index (χ4v) is 3.29. The third-order valence-electron chi connectivity index (χ3n) is 4.74. The van der Waals surface area contributed by atoms with Crippen molar-refractivity contribution in [3.05, 3.63) is 0 Å². The summed E-state index contributed by atoms with van der Waals surface area (Å²) in [7, 11) is 2.07. The Kier molecular flexibility index (Phi) is 4.26. The van der Waals surface area contributed by atoms with Crippen LogP contribution in [0.3, 0.4) is 0 Å². The van der Waals surface area contributed by atoms with E-state index in [0.29, 0.717) is 18.2 Å². The molecule has 2 heteroatoms. The molecule has 0 aliphatic heterocycles. The van der Waals surface area contributed by atoms with Gasteiger partial charge in [-0.3, -0.25) is 0 Å². The normalized spacial score (nSPS) is 44.8. The van der Waals surface area contributed by atoms with E-state index >= 15 is 0 Å². The summed E-state index contributed by atoms with van der Waals surface area (Å²) in [5, 5.41) is 3.40. The molecule has 0 aromatic rings. The highest BCUT2D eigenvalue weighted by atomic mass is 16.5. The molecule has 0 radical (unpaired) electrons. The van der Waals surface area contributed by atoms with Crippen LogP contribution in [0.1, 0.15) is 52.4 Å². The molecular weight excluding hydrogens is 198 g/mol. The van der Waals surface area contributed by atoms with Crippen LogP contribution in [0, 0.1) is 11.8 Å². The van der Waals surface area contributed by atoms with Gasteiger partial charge in [0, 0.05) is 6.04 Å². The third-order valence-corrected chi connectivity index (χ3v) is 4.74. The number of rotatable bonds is 3. The zero-order valence-electron chi connectivity index (χ0n) is 11.0. The Bertz CT molecular complexity index is 219. The van der Waals surface area contributed by atoms with E-state index in [0.717, 1.165) is 11.8 Å². The highest BCUT2D eigenvalue weighted by Crippen LogP contribution is 2.33. The molecule has 0 spiro atoms. The van der Waals surface area contributed by atoms with Gasteiger partial charge >= 0.3 is 0 Å². The molecule has 5 unspecified atom stereocenters. The number of ether oxygens (including phenoxy) is 1. The van der Waals surface area contributed by atoms with Crippen LogP contribution in [0.2, 0.25) is 0 Å². The Morgan fingerprint density at radius 1 is 1.00 bits per heavy atom. The number of likely N-dealkylation sites (N-methyl/N-ethyl adjacent to an activating group) is 1. The van der Waals surface area contributed by atoms with E-state index in [4.69, 9.17) is 4.74 Å². The maximum atomic E-state index is 6.31. The first-order chi connectivity index (χ1) is 7.70. The maximum Gasteiger partial charge on any atom is 0.0731 e. The lowest BCUT2D eigenvalue weighted by atomic mass is 9.80. The fraction of sp³-hybridized carbons (Fsp3) is 1.00. The first kappa shape index (κ1) is 12.4. The van der Waals surface area contributed by atoms with E-state index in [9.17, 15) is 0 Å². The van der Waals surface area contributed by atoms with Crippen LogP contribution in [-0.2, 0) is 4.74 Å². The van der Waals surface area contributed by atoms with Crippen LogP contribution >= 0.6 is 0 Å². The zero-order valence-corrected chi connectivity index (χ0v) is 11.0. The van der Waals surface area contributed by atoms with Gasteiger partial charge in [-0.05, 0) is 57.4 Å². The van der Waals surface area contributed by atoms with Crippen molar-refractivity contribution in [2.45, 2.75) is 70.6 Å². The van der Waals surface area contributed by atoms with Crippen LogP contribution in [0.4, 0.5) is 0 Å². The summed E-state index contributed by atoms with van der Waals surface area (Å²) in [6.07, 6.45) is 8.79. The van der Waals surface area contributed by atoms with Gasteiger partial charge in [-0.2, -0.15) is 0 Å². The Morgan fingerprint density at radius 3 is 2.50 bits per heavy atom. The van der Waals surface area contributed by atoms with Gasteiger partial charge in [0.1, 0.15) is 0 Å². The first-order valence-corrected chi connectivity index (χ1v) is 7.03. The fourth-order valence-electron chi connectivity index (χ4n) is 3.29. The second-order valence-corrected chi connectivity index (χ2v) is 5.89. The third kappa shape index (κ3) is 2.78. The molecule has 0 bridgehead atoms. The minimum absolute atomic E-state index is 0.482. The van der Waals surface area contributed by atoms with Crippen molar-refractivity contribution in [3.63, 3.8) is 0 Å². The Hall–Kier alpha value is -0.0800. The summed E-state index contributed by atoms with van der Waals surface area (Å²) in [4.78, 5) is 0. The van der Waals surface area contributed by atoms with E-state index in [1.54, 1.807) is 0 Å². The zero-order chi connectivity index (χ0) is 11.5. The summed E-state index contributed by atoms with van der Waals surface area (Å²) >= 11 is 0. The van der Waals surface area contributed by atoms with Gasteiger partial charge < -0.3 is 10.1 Å². The van der Waals surface area contributed by atoms with Gasteiger partial charge in [0.05, 0.1) is 12.2 Å². The summed E-state index contributed by atoms with van der Waals surface area (Å²) in [5.41, 5.74) is 0. The number of nitrogens with one attached hydrogen (secondary N) is 1. The van der Waals surface area contributed by atoms with Crippen LogP contribution < -0.4 is 5.32 Å². The summed E-state index contributed by atoms with van der Waals surface area (Å²) in [5.74, 6) is 1.73. The molecule has 16 heavy (non-hydrogen) atoms. The molecule has 1 N–H and O–H groups in total. The average Bonchev–Trinajstić information content (AvgIpc) is 2.71. The molecule has 0 saturated heterocycles. The average molecular weight is 225 g/mol. The highest BCUT2D eigenvalue weighted by Gasteiger charge is 2.32. The maximum absolute atomic E-state index is 6.31. The molecule has 2 fully saturated rings.